The van der Waals surface area contributed by atoms with Crippen LogP contribution in [0.4, 0.5) is 0 Å². The summed E-state index contributed by atoms with van der Waals surface area (Å²) in [5.41, 5.74) is 0. The van der Waals surface area contributed by atoms with Crippen LogP contribution < -0.4 is 0 Å². The molecule has 0 aromatic carbocycles. The van der Waals surface area contributed by atoms with Crippen LogP contribution in [0.25, 0.3) is 21.4 Å². The van der Waals surface area contributed by atoms with Gasteiger partial charge in [-0.1, -0.05) is 20.3 Å². The van der Waals surface area contributed by atoms with Crippen LogP contribution in [0.5, 0.6) is 0 Å². The monoisotopic (exact) mass is 397 g/mol. The standard InChI is InChI=1S/C5H10N.3C2H6N.Ta/c1-3-5(2)4-6;3*1-3-2;/h4-5H,3H2,1-2H3;3*1-2H3;/q4*-1;. The summed E-state index contributed by atoms with van der Waals surface area (Å²) in [6.45, 7) is 4.01. The predicted molar refractivity (Wildman–Crippen MR) is 74.5 cm³/mol. The molecular weight excluding hydrogens is 369 g/mol. The predicted octanol–water partition coefficient (Wildman–Crippen LogP) is 3.53. The van der Waals surface area contributed by atoms with Gasteiger partial charge in [0.15, 0.2) is 0 Å². The second-order valence-electron chi connectivity index (χ2n) is 2.88. The molecule has 0 aromatic rings. The van der Waals surface area contributed by atoms with E-state index in [4.69, 9.17) is 5.41 Å². The minimum absolute atomic E-state index is 0. The van der Waals surface area contributed by atoms with Gasteiger partial charge < -0.3 is 21.4 Å². The van der Waals surface area contributed by atoms with Gasteiger partial charge >= 0.3 is 0 Å². The second kappa shape index (κ2) is 45.4. The Labute approximate surface area is 118 Å². The molecule has 1 unspecified atom stereocenters. The molecule has 0 bridgehead atoms. The molecule has 0 aliphatic rings. The maximum atomic E-state index is 8.21. The van der Waals surface area contributed by atoms with E-state index in [-0.39, 0.29) is 22.4 Å². The molecule has 0 fully saturated rings. The maximum Gasteiger partial charge on any atom is 0 e. The topological polar surface area (TPSA) is 64.6 Å². The SMILES string of the molecule is CCC(C)C=[N-].C[N-]C.C[N-]C.C[N-]C.[Ta]. The van der Waals surface area contributed by atoms with E-state index in [0.717, 1.165) is 6.42 Å². The minimum atomic E-state index is 0. The summed E-state index contributed by atoms with van der Waals surface area (Å²) in [7, 11) is 10.5. The van der Waals surface area contributed by atoms with Gasteiger partial charge in [0.1, 0.15) is 0 Å². The van der Waals surface area contributed by atoms with Crippen molar-refractivity contribution >= 4 is 6.21 Å². The van der Waals surface area contributed by atoms with E-state index in [1.807, 2.05) is 13.8 Å². The van der Waals surface area contributed by atoms with Gasteiger partial charge in [0.05, 0.1) is 0 Å². The van der Waals surface area contributed by atoms with Crippen LogP contribution in [0, 0.1) is 5.92 Å². The van der Waals surface area contributed by atoms with E-state index >= 15 is 0 Å². The average Bonchev–Trinajstić information content (AvgIpc) is 2.20. The third-order valence-corrected chi connectivity index (χ3v) is 0.898. The zero-order valence-corrected chi connectivity index (χ0v) is 15.3. The Morgan fingerprint density at radius 2 is 1.12 bits per heavy atom. The molecule has 0 N–H and O–H groups in total. The van der Waals surface area contributed by atoms with Crippen molar-refractivity contribution in [3.8, 4) is 0 Å². The fraction of sp³-hybridized carbons (Fsp3) is 0.909. The quantitative estimate of drug-likeness (QED) is 0.640. The van der Waals surface area contributed by atoms with Gasteiger partial charge in [0.25, 0.3) is 0 Å². The molecule has 0 aliphatic carbocycles. The number of nitrogens with zero attached hydrogens (tertiary/aromatic N) is 4. The second-order valence-corrected chi connectivity index (χ2v) is 2.88. The molecule has 0 spiro atoms. The third-order valence-electron chi connectivity index (χ3n) is 0.898. The number of hydrogen-bond donors (Lipinski definition) is 0. The van der Waals surface area contributed by atoms with Gasteiger partial charge in [-0.05, 0) is 5.92 Å². The number of hydrogen-bond acceptors (Lipinski definition) is 0. The Morgan fingerprint density at radius 1 is 0.938 bits per heavy atom. The van der Waals surface area contributed by atoms with Crippen molar-refractivity contribution in [2.24, 2.45) is 5.92 Å². The molecule has 16 heavy (non-hydrogen) atoms. The molecule has 0 saturated carbocycles. The van der Waals surface area contributed by atoms with Crippen LogP contribution in [0.15, 0.2) is 0 Å². The molecule has 5 heteroatoms. The molecule has 0 rings (SSSR count). The van der Waals surface area contributed by atoms with Crippen LogP contribution in [0.1, 0.15) is 20.3 Å². The van der Waals surface area contributed by atoms with E-state index in [1.165, 1.54) is 6.21 Å². The normalized spacial score (nSPS) is 8.50. The van der Waals surface area contributed by atoms with Crippen molar-refractivity contribution in [2.75, 3.05) is 42.3 Å². The summed E-state index contributed by atoms with van der Waals surface area (Å²) in [5.74, 6) is 0.366. The van der Waals surface area contributed by atoms with Gasteiger partial charge in [0.2, 0.25) is 0 Å². The Morgan fingerprint density at radius 3 is 1.12 bits per heavy atom. The maximum absolute atomic E-state index is 8.21. The minimum Gasteiger partial charge on any atom is -0.814 e. The first-order valence-electron chi connectivity index (χ1n) is 4.97. The largest absolute Gasteiger partial charge is 0.814 e. The van der Waals surface area contributed by atoms with Crippen molar-refractivity contribution in [2.45, 2.75) is 20.3 Å². The zero-order valence-electron chi connectivity index (χ0n) is 12.1. The van der Waals surface area contributed by atoms with E-state index in [1.54, 1.807) is 42.3 Å². The summed E-state index contributed by atoms with van der Waals surface area (Å²) >= 11 is 0. The third kappa shape index (κ3) is 137. The summed E-state index contributed by atoms with van der Waals surface area (Å²) in [6.07, 6.45) is 2.25. The summed E-state index contributed by atoms with van der Waals surface area (Å²) in [4.78, 5) is 0. The number of rotatable bonds is 2. The Hall–Kier alpha value is 0.290. The van der Waals surface area contributed by atoms with Gasteiger partial charge in [-0.3, -0.25) is 0 Å². The van der Waals surface area contributed by atoms with Crippen LogP contribution in [-0.4, -0.2) is 48.5 Å². The molecule has 4 nitrogen and oxygen atoms in total. The van der Waals surface area contributed by atoms with E-state index in [0.29, 0.717) is 5.92 Å². The molecular formula is C11H28N4Ta-4. The van der Waals surface area contributed by atoms with Crippen LogP contribution in [-0.2, 0) is 22.4 Å². The van der Waals surface area contributed by atoms with Crippen molar-refractivity contribution in [1.29, 1.82) is 0 Å². The van der Waals surface area contributed by atoms with Gasteiger partial charge in [-0.25, -0.2) is 6.21 Å². The van der Waals surface area contributed by atoms with Crippen molar-refractivity contribution in [1.82, 2.24) is 0 Å². The molecule has 0 amide bonds. The fourth-order valence-corrected chi connectivity index (χ4v) is 0.105. The van der Waals surface area contributed by atoms with Gasteiger partial charge in [0, 0.05) is 22.4 Å². The van der Waals surface area contributed by atoms with Gasteiger partial charge in [-0.15, -0.1) is 0 Å². The first-order valence-corrected chi connectivity index (χ1v) is 4.97. The molecule has 0 saturated heterocycles. The molecule has 1 atom stereocenters. The molecule has 1 radical (unpaired) electrons. The summed E-state index contributed by atoms with van der Waals surface area (Å²) in [6, 6.07) is 0. The Bertz CT molecular complexity index is 77.6. The average molecular weight is 397 g/mol. The molecule has 0 aliphatic heterocycles. The Balaban J connectivity index is -0.0000000353. The summed E-state index contributed by atoms with van der Waals surface area (Å²) < 4.78 is 0. The summed E-state index contributed by atoms with van der Waals surface area (Å²) in [5, 5.41) is 18.7. The first kappa shape index (κ1) is 29.9. The molecule has 0 aromatic heterocycles. The van der Waals surface area contributed by atoms with E-state index in [9.17, 15) is 0 Å². The molecule has 0 heterocycles. The van der Waals surface area contributed by atoms with Crippen molar-refractivity contribution in [3.63, 3.8) is 0 Å². The smallest absolute Gasteiger partial charge is 0 e. The van der Waals surface area contributed by atoms with Crippen molar-refractivity contribution in [3.05, 3.63) is 21.4 Å². The van der Waals surface area contributed by atoms with Crippen molar-refractivity contribution < 1.29 is 22.4 Å². The van der Waals surface area contributed by atoms with Crippen LogP contribution in [0.2, 0.25) is 0 Å². The van der Waals surface area contributed by atoms with Gasteiger partial charge in [-0.2, -0.15) is 42.3 Å². The first-order chi connectivity index (χ1) is 7.05. The van der Waals surface area contributed by atoms with E-state index < -0.39 is 0 Å². The molecule has 101 valence electrons. The van der Waals surface area contributed by atoms with Crippen LogP contribution >= 0.6 is 0 Å². The Kier molecular flexibility index (Phi) is 84.8. The van der Waals surface area contributed by atoms with E-state index in [2.05, 4.69) is 16.0 Å². The zero-order chi connectivity index (χ0) is 13.1. The van der Waals surface area contributed by atoms with Crippen LogP contribution in [0.3, 0.4) is 0 Å². The fourth-order valence-electron chi connectivity index (χ4n) is 0.105.